The second-order valence-corrected chi connectivity index (χ2v) is 14.2. The van der Waals surface area contributed by atoms with Gasteiger partial charge in [0.15, 0.2) is 0 Å². The molecule has 2 heterocycles. The summed E-state index contributed by atoms with van der Waals surface area (Å²) in [4.78, 5) is 5.42. The third kappa shape index (κ3) is 4.97. The van der Waals surface area contributed by atoms with Crippen LogP contribution < -0.4 is 0 Å². The molecule has 51 heavy (non-hydrogen) atoms. The van der Waals surface area contributed by atoms with Crippen LogP contribution in [0.15, 0.2) is 175 Å². The smallest absolute Gasteiger partial charge is 0.147 e. The molecular weight excluding hydrogens is 637 g/mol. The molecule has 10 rings (SSSR count). The first-order valence-electron chi connectivity index (χ1n) is 17.4. The number of imidazole rings is 1. The number of aromatic nitrogens is 2. The van der Waals surface area contributed by atoms with Crippen molar-refractivity contribution in [2.45, 2.75) is 6.92 Å². The standard InChI is InChI=1S/C48H32N2S/c1-31-26-40(32-12-4-2-5-13-32)47(41(27-31)33-14-6-3-7-15-33)50-45-19-11-10-18-44(45)49-48(50)43-30-51-46-25-24-37(29-42(43)46)36-23-22-35-21-20-34-16-8-9-17-38(34)39(35)28-36/h2-30H,1H3. The Hall–Kier alpha value is -6.29. The lowest BCUT2D eigenvalue weighted by Gasteiger charge is -2.20. The molecule has 8 aromatic carbocycles. The van der Waals surface area contributed by atoms with Gasteiger partial charge >= 0.3 is 0 Å². The highest BCUT2D eigenvalue weighted by molar-refractivity contribution is 7.17. The molecule has 0 bridgehead atoms. The summed E-state index contributed by atoms with van der Waals surface area (Å²) in [7, 11) is 0. The summed E-state index contributed by atoms with van der Waals surface area (Å²) in [5, 5.41) is 8.58. The van der Waals surface area contributed by atoms with Gasteiger partial charge in [0.05, 0.1) is 16.7 Å². The van der Waals surface area contributed by atoms with Crippen LogP contribution in [0.3, 0.4) is 0 Å². The molecule has 0 amide bonds. The fraction of sp³-hybridized carbons (Fsp3) is 0.0208. The first-order valence-corrected chi connectivity index (χ1v) is 18.2. The van der Waals surface area contributed by atoms with Gasteiger partial charge in [0.25, 0.3) is 0 Å². The predicted molar refractivity (Wildman–Crippen MR) is 218 cm³/mol. The first-order chi connectivity index (χ1) is 25.2. The van der Waals surface area contributed by atoms with Gasteiger partial charge in [-0.1, -0.05) is 127 Å². The van der Waals surface area contributed by atoms with E-state index in [2.05, 4.69) is 187 Å². The Morgan fingerprint density at radius 2 is 1.06 bits per heavy atom. The van der Waals surface area contributed by atoms with Gasteiger partial charge in [-0.2, -0.15) is 0 Å². The number of thiophene rings is 1. The van der Waals surface area contributed by atoms with Crippen LogP contribution in [0.1, 0.15) is 5.56 Å². The largest absolute Gasteiger partial charge is 0.291 e. The lowest BCUT2D eigenvalue weighted by atomic mass is 9.93. The van der Waals surface area contributed by atoms with Gasteiger partial charge in [-0.3, -0.25) is 4.57 Å². The highest BCUT2D eigenvalue weighted by Gasteiger charge is 2.23. The monoisotopic (exact) mass is 668 g/mol. The van der Waals surface area contributed by atoms with Gasteiger partial charge in [-0.25, -0.2) is 4.98 Å². The molecule has 3 heteroatoms. The van der Waals surface area contributed by atoms with E-state index in [1.54, 1.807) is 11.3 Å². The molecule has 0 aliphatic heterocycles. The third-order valence-corrected chi connectivity index (χ3v) is 11.1. The van der Waals surface area contributed by atoms with Crippen molar-refractivity contribution in [3.8, 4) is 50.5 Å². The average molecular weight is 669 g/mol. The van der Waals surface area contributed by atoms with Crippen molar-refractivity contribution in [3.05, 3.63) is 181 Å². The Morgan fingerprint density at radius 3 is 1.80 bits per heavy atom. The predicted octanol–water partition coefficient (Wildman–Crippen LogP) is 13.5. The maximum absolute atomic E-state index is 5.42. The molecule has 0 saturated heterocycles. The second kappa shape index (κ2) is 11.9. The molecule has 240 valence electrons. The van der Waals surface area contributed by atoms with E-state index in [0.717, 1.165) is 28.1 Å². The van der Waals surface area contributed by atoms with Gasteiger partial charge in [0.2, 0.25) is 0 Å². The molecule has 2 nitrogen and oxygen atoms in total. The number of nitrogens with zero attached hydrogens (tertiary/aromatic N) is 2. The van der Waals surface area contributed by atoms with E-state index < -0.39 is 0 Å². The molecular formula is C48H32N2S. The zero-order valence-corrected chi connectivity index (χ0v) is 28.9. The number of hydrogen-bond acceptors (Lipinski definition) is 2. The number of fused-ring (bicyclic) bond motifs is 5. The van der Waals surface area contributed by atoms with Crippen LogP contribution in [0.5, 0.6) is 0 Å². The molecule has 0 aliphatic carbocycles. The van der Waals surface area contributed by atoms with Crippen LogP contribution in [0.2, 0.25) is 0 Å². The Morgan fingerprint density at radius 1 is 0.471 bits per heavy atom. The molecule has 0 N–H and O–H groups in total. The summed E-state index contributed by atoms with van der Waals surface area (Å²) < 4.78 is 3.66. The maximum Gasteiger partial charge on any atom is 0.147 e. The van der Waals surface area contributed by atoms with E-state index in [1.807, 2.05) is 0 Å². The van der Waals surface area contributed by atoms with Gasteiger partial charge in [-0.05, 0) is 98.8 Å². The van der Waals surface area contributed by atoms with Crippen molar-refractivity contribution in [1.29, 1.82) is 0 Å². The third-order valence-electron chi connectivity index (χ3n) is 10.1. The summed E-state index contributed by atoms with van der Waals surface area (Å²) in [5.74, 6) is 0.947. The van der Waals surface area contributed by atoms with Crippen molar-refractivity contribution >= 4 is 54.0 Å². The van der Waals surface area contributed by atoms with Gasteiger partial charge < -0.3 is 0 Å². The van der Waals surface area contributed by atoms with E-state index in [-0.39, 0.29) is 0 Å². The maximum atomic E-state index is 5.42. The summed E-state index contributed by atoms with van der Waals surface area (Å²) >= 11 is 1.78. The van der Waals surface area contributed by atoms with E-state index >= 15 is 0 Å². The highest BCUT2D eigenvalue weighted by Crippen LogP contribution is 2.44. The van der Waals surface area contributed by atoms with Crippen molar-refractivity contribution in [3.63, 3.8) is 0 Å². The Balaban J connectivity index is 1.24. The minimum absolute atomic E-state index is 0.947. The molecule has 0 fully saturated rings. The van der Waals surface area contributed by atoms with Crippen LogP contribution >= 0.6 is 11.3 Å². The molecule has 0 spiro atoms. The fourth-order valence-electron chi connectivity index (χ4n) is 7.69. The molecule has 0 saturated carbocycles. The molecule has 0 aliphatic rings. The molecule has 0 radical (unpaired) electrons. The number of hydrogen-bond donors (Lipinski definition) is 0. The van der Waals surface area contributed by atoms with Crippen LogP contribution in [-0.4, -0.2) is 9.55 Å². The van der Waals surface area contributed by atoms with Gasteiger partial charge in [0, 0.05) is 32.2 Å². The fourth-order valence-corrected chi connectivity index (χ4v) is 8.61. The van der Waals surface area contributed by atoms with E-state index in [1.165, 1.54) is 70.6 Å². The SMILES string of the molecule is Cc1cc(-c2ccccc2)c(-n2c(-c3csc4ccc(-c5ccc6ccc7ccccc7c6c5)cc34)nc3ccccc32)c(-c2ccccc2)c1. The van der Waals surface area contributed by atoms with E-state index in [4.69, 9.17) is 4.98 Å². The Kier molecular flexibility index (Phi) is 6.93. The minimum atomic E-state index is 0.947. The zero-order chi connectivity index (χ0) is 33.9. The summed E-state index contributed by atoms with van der Waals surface area (Å²) in [5.41, 5.74) is 12.7. The lowest BCUT2D eigenvalue weighted by Crippen LogP contribution is -2.03. The van der Waals surface area contributed by atoms with E-state index in [9.17, 15) is 0 Å². The molecule has 2 aromatic heterocycles. The first kappa shape index (κ1) is 29.6. The van der Waals surface area contributed by atoms with Crippen LogP contribution in [0, 0.1) is 6.92 Å². The number of para-hydroxylation sites is 2. The van der Waals surface area contributed by atoms with Crippen molar-refractivity contribution < 1.29 is 0 Å². The van der Waals surface area contributed by atoms with Crippen LogP contribution in [0.25, 0.3) is 93.1 Å². The number of aryl methyl sites for hydroxylation is 1. The second-order valence-electron chi connectivity index (χ2n) is 13.3. The molecule has 10 aromatic rings. The zero-order valence-electron chi connectivity index (χ0n) is 28.0. The minimum Gasteiger partial charge on any atom is -0.291 e. The quantitative estimate of drug-likeness (QED) is 0.167. The highest BCUT2D eigenvalue weighted by atomic mass is 32.1. The van der Waals surface area contributed by atoms with Gasteiger partial charge in [-0.15, -0.1) is 11.3 Å². The lowest BCUT2D eigenvalue weighted by molar-refractivity contribution is 1.11. The van der Waals surface area contributed by atoms with Crippen LogP contribution in [0.4, 0.5) is 0 Å². The van der Waals surface area contributed by atoms with Crippen molar-refractivity contribution in [2.75, 3.05) is 0 Å². The Bertz CT molecular complexity index is 2850. The van der Waals surface area contributed by atoms with Gasteiger partial charge in [0.1, 0.15) is 5.82 Å². The van der Waals surface area contributed by atoms with Crippen LogP contribution in [-0.2, 0) is 0 Å². The summed E-state index contributed by atoms with van der Waals surface area (Å²) in [6.45, 7) is 2.19. The van der Waals surface area contributed by atoms with Crippen molar-refractivity contribution in [1.82, 2.24) is 9.55 Å². The molecule has 0 unspecified atom stereocenters. The number of rotatable bonds is 5. The average Bonchev–Trinajstić information content (AvgIpc) is 3.79. The topological polar surface area (TPSA) is 17.8 Å². The summed E-state index contributed by atoms with van der Waals surface area (Å²) in [6, 6.07) is 61.6. The van der Waals surface area contributed by atoms with E-state index in [0.29, 0.717) is 0 Å². The number of benzene rings is 8. The summed E-state index contributed by atoms with van der Waals surface area (Å²) in [6.07, 6.45) is 0. The normalized spacial score (nSPS) is 11.6. The molecule has 0 atom stereocenters. The Labute approximate surface area is 300 Å². The van der Waals surface area contributed by atoms with Crippen molar-refractivity contribution in [2.24, 2.45) is 0 Å².